The van der Waals surface area contributed by atoms with Crippen LogP contribution in [0.5, 0.6) is 0 Å². The van der Waals surface area contributed by atoms with Crippen LogP contribution in [0, 0.1) is 0 Å². The van der Waals surface area contributed by atoms with E-state index in [4.69, 9.17) is 0 Å². The van der Waals surface area contributed by atoms with Gasteiger partial charge in [-0.05, 0) is 29.8 Å². The van der Waals surface area contributed by atoms with Gasteiger partial charge in [-0.2, -0.15) is 8.78 Å². The summed E-state index contributed by atoms with van der Waals surface area (Å²) in [4.78, 5) is 12.5. The Labute approximate surface area is 173 Å². The number of benzene rings is 2. The molecule has 0 aliphatic rings. The summed E-state index contributed by atoms with van der Waals surface area (Å²) in [6.07, 6.45) is 0. The molecule has 28 heavy (non-hydrogen) atoms. The van der Waals surface area contributed by atoms with Crippen molar-refractivity contribution in [3.05, 3.63) is 60.2 Å². The number of amides is 1. The number of alkyl halides is 2. The Morgan fingerprint density at radius 2 is 1.82 bits per heavy atom. The fourth-order valence-corrected chi connectivity index (χ4v) is 4.20. The lowest BCUT2D eigenvalue weighted by molar-refractivity contribution is -0.113. The van der Waals surface area contributed by atoms with E-state index >= 15 is 0 Å². The summed E-state index contributed by atoms with van der Waals surface area (Å²) in [5.74, 6) is -2.48. The van der Waals surface area contributed by atoms with Gasteiger partial charge in [0.2, 0.25) is 11.0 Å². The normalized spacial score (nSPS) is 10.8. The molecule has 3 rings (SSSR count). The van der Waals surface area contributed by atoms with Gasteiger partial charge in [0, 0.05) is 17.1 Å². The highest BCUT2D eigenvalue weighted by Crippen LogP contribution is 2.27. The van der Waals surface area contributed by atoms with Gasteiger partial charge in [0.1, 0.15) is 0 Å². The average Bonchev–Trinajstić information content (AvgIpc) is 3.15. The Balaban J connectivity index is 1.42. The van der Waals surface area contributed by atoms with E-state index in [-0.39, 0.29) is 11.7 Å². The van der Waals surface area contributed by atoms with E-state index in [2.05, 4.69) is 20.8 Å². The summed E-state index contributed by atoms with van der Waals surface area (Å²) in [5.41, 5.74) is 1.70. The molecule has 1 amide bonds. The number of hydrogen-bond acceptors (Lipinski definition) is 7. The lowest BCUT2D eigenvalue weighted by atomic mass is 10.2. The molecule has 0 aliphatic carbocycles. The standard InChI is InChI=1S/C18H16F2N4OS3/c19-16(20)27-14-8-6-13(7-9-14)22-15(25)11-26-18-24-23-17(28-18)21-10-12-4-2-1-3-5-12/h1-9,16H,10-11H2,(H,21,23)(H,22,25). The molecule has 0 atom stereocenters. The fourth-order valence-electron chi connectivity index (χ4n) is 2.16. The predicted molar refractivity (Wildman–Crippen MR) is 111 cm³/mol. The summed E-state index contributed by atoms with van der Waals surface area (Å²) < 4.78 is 25.3. The van der Waals surface area contributed by atoms with Crippen LogP contribution in [0.2, 0.25) is 0 Å². The van der Waals surface area contributed by atoms with Crippen LogP contribution in [-0.4, -0.2) is 27.6 Å². The Hall–Kier alpha value is -2.17. The summed E-state index contributed by atoms with van der Waals surface area (Å²) in [5, 5.41) is 14.8. The van der Waals surface area contributed by atoms with Gasteiger partial charge in [0.25, 0.3) is 5.76 Å². The predicted octanol–water partition coefficient (Wildman–Crippen LogP) is 5.20. The Morgan fingerprint density at radius 1 is 1.07 bits per heavy atom. The number of rotatable bonds is 9. The SMILES string of the molecule is O=C(CSc1nnc(NCc2ccccc2)s1)Nc1ccc(SC(F)F)cc1. The molecule has 0 saturated carbocycles. The molecule has 0 spiro atoms. The van der Waals surface area contributed by atoms with Gasteiger partial charge in [-0.1, -0.05) is 65.2 Å². The summed E-state index contributed by atoms with van der Waals surface area (Å²) in [6, 6.07) is 16.3. The van der Waals surface area contributed by atoms with Crippen molar-refractivity contribution in [1.82, 2.24) is 10.2 Å². The number of nitrogens with one attached hydrogen (secondary N) is 2. The molecule has 146 valence electrons. The van der Waals surface area contributed by atoms with E-state index in [0.717, 1.165) is 5.56 Å². The second-order valence-electron chi connectivity index (χ2n) is 5.45. The van der Waals surface area contributed by atoms with Crippen LogP contribution in [0.25, 0.3) is 0 Å². The highest BCUT2D eigenvalue weighted by atomic mass is 32.2. The molecule has 10 heteroatoms. The number of carbonyl (C=O) groups excluding carboxylic acids is 1. The molecule has 2 N–H and O–H groups in total. The highest BCUT2D eigenvalue weighted by Gasteiger charge is 2.09. The van der Waals surface area contributed by atoms with Crippen LogP contribution in [0.15, 0.2) is 63.8 Å². The lowest BCUT2D eigenvalue weighted by Gasteiger charge is -2.05. The zero-order valence-corrected chi connectivity index (χ0v) is 16.9. The molecule has 0 aliphatic heterocycles. The molecule has 0 fully saturated rings. The van der Waals surface area contributed by atoms with E-state index in [1.807, 2.05) is 30.3 Å². The molecule has 0 radical (unpaired) electrons. The molecule has 2 aromatic carbocycles. The van der Waals surface area contributed by atoms with Crippen LogP contribution in [0.1, 0.15) is 5.56 Å². The van der Waals surface area contributed by atoms with Crippen molar-refractivity contribution in [1.29, 1.82) is 0 Å². The Kier molecular flexibility index (Phi) is 7.63. The van der Waals surface area contributed by atoms with Gasteiger partial charge in [-0.25, -0.2) is 0 Å². The molecule has 0 bridgehead atoms. The van der Waals surface area contributed by atoms with Crippen LogP contribution < -0.4 is 10.6 Å². The Morgan fingerprint density at radius 3 is 2.54 bits per heavy atom. The van der Waals surface area contributed by atoms with Gasteiger partial charge in [-0.15, -0.1) is 10.2 Å². The maximum absolute atomic E-state index is 12.3. The van der Waals surface area contributed by atoms with Gasteiger partial charge in [0.05, 0.1) is 5.75 Å². The van der Waals surface area contributed by atoms with E-state index in [1.54, 1.807) is 24.3 Å². The zero-order valence-electron chi connectivity index (χ0n) is 14.5. The molecule has 3 aromatic rings. The first-order chi connectivity index (χ1) is 13.6. The molecule has 5 nitrogen and oxygen atoms in total. The second-order valence-corrected chi connectivity index (χ2v) is 8.72. The zero-order chi connectivity index (χ0) is 19.8. The van der Waals surface area contributed by atoms with E-state index in [1.165, 1.54) is 23.1 Å². The molecule has 0 unspecified atom stereocenters. The first-order valence-electron chi connectivity index (χ1n) is 8.17. The smallest absolute Gasteiger partial charge is 0.288 e. The number of aromatic nitrogens is 2. The van der Waals surface area contributed by atoms with E-state index in [9.17, 15) is 13.6 Å². The third kappa shape index (κ3) is 6.77. The van der Waals surface area contributed by atoms with Gasteiger partial charge in [-0.3, -0.25) is 4.79 Å². The third-order valence-corrected chi connectivity index (χ3v) is 6.12. The number of anilines is 2. The average molecular weight is 439 g/mol. The lowest BCUT2D eigenvalue weighted by Crippen LogP contribution is -2.13. The monoisotopic (exact) mass is 438 g/mol. The number of halogens is 2. The van der Waals surface area contributed by atoms with Crippen molar-refractivity contribution in [3.63, 3.8) is 0 Å². The number of thioether (sulfide) groups is 2. The van der Waals surface area contributed by atoms with Gasteiger partial charge in [0.15, 0.2) is 4.34 Å². The molecular weight excluding hydrogens is 422 g/mol. The first-order valence-corrected chi connectivity index (χ1v) is 10.9. The summed E-state index contributed by atoms with van der Waals surface area (Å²) >= 11 is 3.14. The minimum absolute atomic E-state index is 0.181. The fraction of sp³-hybridized carbons (Fsp3) is 0.167. The molecule has 1 heterocycles. The van der Waals surface area contributed by atoms with Crippen LogP contribution in [0.4, 0.5) is 19.6 Å². The quantitative estimate of drug-likeness (QED) is 0.448. The van der Waals surface area contributed by atoms with Crippen molar-refractivity contribution in [2.45, 2.75) is 21.5 Å². The molecule has 0 saturated heterocycles. The van der Waals surface area contributed by atoms with Crippen molar-refractivity contribution in [2.24, 2.45) is 0 Å². The maximum Gasteiger partial charge on any atom is 0.288 e. The number of hydrogen-bond donors (Lipinski definition) is 2. The van der Waals surface area contributed by atoms with Crippen molar-refractivity contribution < 1.29 is 13.6 Å². The largest absolute Gasteiger partial charge is 0.356 e. The number of carbonyl (C=O) groups is 1. The van der Waals surface area contributed by atoms with Crippen molar-refractivity contribution >= 4 is 51.6 Å². The minimum atomic E-state index is -2.46. The van der Waals surface area contributed by atoms with Gasteiger partial charge >= 0.3 is 0 Å². The van der Waals surface area contributed by atoms with Crippen molar-refractivity contribution in [2.75, 3.05) is 16.4 Å². The Bertz CT molecular complexity index is 891. The molecular formula is C18H16F2N4OS3. The third-order valence-electron chi connectivity index (χ3n) is 3.38. The van der Waals surface area contributed by atoms with Crippen LogP contribution in [-0.2, 0) is 11.3 Å². The van der Waals surface area contributed by atoms with Crippen LogP contribution in [0.3, 0.4) is 0 Å². The van der Waals surface area contributed by atoms with Gasteiger partial charge < -0.3 is 10.6 Å². The molecule has 1 aromatic heterocycles. The second kappa shape index (κ2) is 10.4. The summed E-state index contributed by atoms with van der Waals surface area (Å²) in [6.45, 7) is 0.653. The minimum Gasteiger partial charge on any atom is -0.356 e. The van der Waals surface area contributed by atoms with E-state index < -0.39 is 5.76 Å². The summed E-state index contributed by atoms with van der Waals surface area (Å²) in [7, 11) is 0. The van der Waals surface area contributed by atoms with Crippen LogP contribution >= 0.6 is 34.9 Å². The maximum atomic E-state index is 12.3. The topological polar surface area (TPSA) is 66.9 Å². The van der Waals surface area contributed by atoms with E-state index in [0.29, 0.717) is 38.4 Å². The highest BCUT2D eigenvalue weighted by molar-refractivity contribution is 8.01. The first kappa shape index (κ1) is 20.6. The number of nitrogens with zero attached hydrogens (tertiary/aromatic N) is 2. The van der Waals surface area contributed by atoms with Crippen molar-refractivity contribution in [3.8, 4) is 0 Å².